The Hall–Kier alpha value is -2.07. The van der Waals surface area contributed by atoms with Crippen molar-refractivity contribution in [2.75, 3.05) is 78.2 Å². The second-order valence-corrected chi connectivity index (χ2v) is 40.2. The van der Waals surface area contributed by atoms with Gasteiger partial charge < -0.3 is 52.1 Å². The van der Waals surface area contributed by atoms with Crippen LogP contribution in [0.1, 0.15) is 406 Å². The van der Waals surface area contributed by atoms with Crippen LogP contribution < -0.4 is 0 Å². The zero-order chi connectivity index (χ0) is 86.2. The maximum Gasteiger partial charge on any atom is 0.123 e. The van der Waals surface area contributed by atoms with Gasteiger partial charge in [-0.15, -0.1) is 0 Å². The minimum absolute atomic E-state index is 0.0417. The summed E-state index contributed by atoms with van der Waals surface area (Å²) in [4.78, 5) is 0. The third kappa shape index (κ3) is 34.7. The lowest BCUT2D eigenvalue weighted by Gasteiger charge is -2.60. The molecule has 0 spiro atoms. The molecule has 11 aliphatic rings. The summed E-state index contributed by atoms with van der Waals surface area (Å²) in [6.45, 7) is 43.3. The average Bonchev–Trinajstić information content (AvgIpc) is 0.787. The maximum absolute atomic E-state index is 12.5. The molecule has 12 heteroatoms. The van der Waals surface area contributed by atoms with Crippen molar-refractivity contribution in [1.29, 1.82) is 0 Å². The molecule has 114 heavy (non-hydrogen) atoms. The normalized spacial score (nSPS) is 24.5. The molecule has 0 atom stereocenters. The predicted octanol–water partition coefficient (Wildman–Crippen LogP) is 29.0. The molecule has 0 heterocycles. The molecule has 0 aromatic heterocycles. The van der Waals surface area contributed by atoms with E-state index < -0.39 is 0 Å². The van der Waals surface area contributed by atoms with Crippen molar-refractivity contribution < 1.29 is 56.5 Å². The summed E-state index contributed by atoms with van der Waals surface area (Å²) in [5.74, 6) is 6.00. The summed E-state index contributed by atoms with van der Waals surface area (Å²) in [7, 11) is 19.9. The van der Waals surface area contributed by atoms with Crippen molar-refractivity contribution in [1.82, 2.24) is 0 Å². The molecule has 2 aromatic carbocycles. The highest BCUT2D eigenvalue weighted by atomic mass is 19.1. The average molecular weight is 1610 g/mol. The zero-order valence-electron chi connectivity index (χ0n) is 80.9. The number of hydrogen-bond acceptors (Lipinski definition) is 11. The van der Waals surface area contributed by atoms with Gasteiger partial charge in [-0.2, -0.15) is 0 Å². The van der Waals surface area contributed by atoms with Gasteiger partial charge >= 0.3 is 0 Å². The Kier molecular flexibility index (Phi) is 49.7. The minimum atomic E-state index is -0.340. The van der Waals surface area contributed by atoms with Gasteiger partial charge in [0.25, 0.3) is 0 Å². The van der Waals surface area contributed by atoms with Crippen LogP contribution in [0.4, 0.5) is 4.39 Å². The van der Waals surface area contributed by atoms with Gasteiger partial charge in [0.1, 0.15) is 5.82 Å². The maximum atomic E-state index is 12.5. The molecule has 11 saturated carbocycles. The summed E-state index contributed by atoms with van der Waals surface area (Å²) in [5, 5.41) is 0. The summed E-state index contributed by atoms with van der Waals surface area (Å²) in [6.07, 6.45) is 53.6. The first-order chi connectivity index (χ1) is 53.6. The first-order valence-corrected chi connectivity index (χ1v) is 46.5. The fourth-order valence-electron chi connectivity index (χ4n) is 20.6. The van der Waals surface area contributed by atoms with E-state index in [2.05, 4.69) is 116 Å². The van der Waals surface area contributed by atoms with Crippen LogP contribution in [-0.4, -0.2) is 129 Å². The van der Waals surface area contributed by atoms with Gasteiger partial charge in [0.2, 0.25) is 0 Å². The van der Waals surface area contributed by atoms with E-state index in [4.69, 9.17) is 52.1 Å². The molecule has 670 valence electrons. The Labute approximate surface area is 706 Å². The summed E-state index contributed by atoms with van der Waals surface area (Å²) < 4.78 is 72.6. The van der Waals surface area contributed by atoms with Crippen molar-refractivity contribution in [2.45, 2.75) is 457 Å². The third-order valence-corrected chi connectivity index (χ3v) is 30.4. The molecule has 0 unspecified atom stereocenters. The Morgan fingerprint density at radius 3 is 1.04 bits per heavy atom. The van der Waals surface area contributed by atoms with Crippen LogP contribution >= 0.6 is 0 Å². The van der Waals surface area contributed by atoms with Crippen LogP contribution in [-0.2, 0) is 63.3 Å². The van der Waals surface area contributed by atoms with Crippen LogP contribution in [0.5, 0.6) is 0 Å². The van der Waals surface area contributed by atoms with E-state index in [-0.39, 0.29) is 67.4 Å². The van der Waals surface area contributed by atoms with E-state index in [0.29, 0.717) is 11.3 Å². The zero-order valence-corrected chi connectivity index (χ0v) is 80.9. The molecule has 2 aromatic rings. The molecule has 11 aliphatic carbocycles. The van der Waals surface area contributed by atoms with Gasteiger partial charge in [-0.1, -0.05) is 214 Å². The first kappa shape index (κ1) is 108. The molecule has 0 amide bonds. The van der Waals surface area contributed by atoms with E-state index in [1.54, 1.807) is 33.5 Å². The van der Waals surface area contributed by atoms with E-state index >= 15 is 0 Å². The monoisotopic (exact) mass is 1610 g/mol. The SMILES string of the molecule is CCC(CC)(OC)C1CCCCC1.CCC1(OC)C2CC3CC(C2)CC1C3.CCC1(OC)CCCC1.COC(C)(C)C.COC(C)(C)C1CCCCC1.COC(C)(C)c1ccc(F)cc1.COC(C)(C)c1ccccc1.COC1(C(C)(C)C)CCCC1.COC1(C(C)C)CCCC1.COC1(C)CCCC1.COC1(C)CCCCC1. The number of benzene rings is 2. The van der Waals surface area contributed by atoms with Crippen molar-refractivity contribution >= 4 is 0 Å². The molecule has 11 nitrogen and oxygen atoms in total. The fraction of sp³-hybridized carbons (Fsp3) is 0.882. The second-order valence-electron chi connectivity index (χ2n) is 40.2. The highest BCUT2D eigenvalue weighted by Gasteiger charge is 2.57. The van der Waals surface area contributed by atoms with Gasteiger partial charge in [0.15, 0.2) is 0 Å². The van der Waals surface area contributed by atoms with Crippen molar-refractivity contribution in [3.05, 3.63) is 71.5 Å². The lowest BCUT2D eigenvalue weighted by atomic mass is 9.49. The fourth-order valence-corrected chi connectivity index (χ4v) is 20.6. The molecule has 0 radical (unpaired) electrons. The van der Waals surface area contributed by atoms with Gasteiger partial charge in [-0.05, 0) is 294 Å². The Morgan fingerprint density at radius 2 is 0.754 bits per heavy atom. The molecule has 11 fully saturated rings. The van der Waals surface area contributed by atoms with Gasteiger partial charge in [-0.3, -0.25) is 0 Å². The summed E-state index contributed by atoms with van der Waals surface area (Å²) in [5.41, 5.74) is 3.76. The van der Waals surface area contributed by atoms with Gasteiger partial charge in [-0.25, -0.2) is 4.39 Å². The van der Waals surface area contributed by atoms with Crippen molar-refractivity contribution in [3.8, 4) is 0 Å². The molecule has 4 bridgehead atoms. The molecule has 13 rings (SSSR count). The van der Waals surface area contributed by atoms with E-state index in [1.807, 2.05) is 110 Å². The van der Waals surface area contributed by atoms with Crippen molar-refractivity contribution in [3.63, 3.8) is 0 Å². The summed E-state index contributed by atoms with van der Waals surface area (Å²) in [6, 6.07) is 16.6. The Bertz CT molecular complexity index is 2630. The van der Waals surface area contributed by atoms with E-state index in [1.165, 1.54) is 275 Å². The minimum Gasteiger partial charge on any atom is -0.379 e. The van der Waals surface area contributed by atoms with Crippen LogP contribution in [0.15, 0.2) is 54.6 Å². The first-order valence-electron chi connectivity index (χ1n) is 46.5. The number of ether oxygens (including phenoxy) is 11. The standard InChI is InChI=1S/C13H22O.C12H24O.C10H13FO.2C10H20O.C10H14O.C9H18O.2C8H16O.C7H14O.C5H12O/c1-3-13(14-2)11-5-9-4-10(7-11)8-12(13)6-9;1-4-12(5-2,13-3)11-9-7-6-8-10-11;1-10(2,12-3)8-4-6-9(11)7-5-8;1-9(2,3)10(11-4)7-5-6-8-10;2*1-10(2,11-3)9-7-5-4-6-8-9;1-8(2)9(10-3)6-4-5-7-9;1-8(9-2)6-4-3-5-7-8;1-3-8(9-2)6-4-5-7-8;1-7(8-2)5-3-4-6-7;1-5(2,3)6-4/h9-12H,3-8H2,1-2H3;11H,4-10H2,1-3H3;4-7H,1-3H3;5-8H2,1-4H3;9H,4-8H2,1-3H3;4-8H,1-3H3;8H,4-7H2,1-3H3;2*3-7H2,1-2H3;3-6H2,1-2H3;1-4H3. The molecular weight excluding hydrogens is 1420 g/mol. The number of halogens is 1. The van der Waals surface area contributed by atoms with E-state index in [9.17, 15) is 4.39 Å². The molecule has 0 N–H and O–H groups in total. The summed E-state index contributed by atoms with van der Waals surface area (Å²) >= 11 is 0. The number of hydrogen-bond donors (Lipinski definition) is 0. The van der Waals surface area contributed by atoms with Gasteiger partial charge in [0.05, 0.1) is 61.6 Å². The van der Waals surface area contributed by atoms with E-state index in [0.717, 1.165) is 41.1 Å². The van der Waals surface area contributed by atoms with Crippen LogP contribution in [0.3, 0.4) is 0 Å². The van der Waals surface area contributed by atoms with Crippen molar-refractivity contribution in [2.24, 2.45) is 46.8 Å². The molecule has 0 aliphatic heterocycles. The second kappa shape index (κ2) is 52.4. The smallest absolute Gasteiger partial charge is 0.123 e. The topological polar surface area (TPSA) is 102 Å². The van der Waals surface area contributed by atoms with Crippen LogP contribution in [0.2, 0.25) is 0 Å². The highest BCUT2D eigenvalue weighted by Crippen LogP contribution is 2.60. The quantitative estimate of drug-likeness (QED) is 0.134. The molecule has 0 saturated heterocycles. The number of rotatable bonds is 19. The Morgan fingerprint density at radius 1 is 0.377 bits per heavy atom. The number of methoxy groups -OCH3 is 11. The lowest BCUT2D eigenvalue weighted by Crippen LogP contribution is -2.58. The van der Waals surface area contributed by atoms with Crippen LogP contribution in [0.25, 0.3) is 0 Å². The highest BCUT2D eigenvalue weighted by molar-refractivity contribution is 5.22. The van der Waals surface area contributed by atoms with Gasteiger partial charge in [0, 0.05) is 78.2 Å². The molecular formula is C102H189FO11. The lowest BCUT2D eigenvalue weighted by molar-refractivity contribution is -0.191. The predicted molar refractivity (Wildman–Crippen MR) is 483 cm³/mol. The largest absolute Gasteiger partial charge is 0.379 e. The van der Waals surface area contributed by atoms with Crippen LogP contribution in [0, 0.1) is 52.7 Å². The Balaban J connectivity index is 0.000000428. The third-order valence-electron chi connectivity index (χ3n) is 30.4.